The van der Waals surface area contributed by atoms with E-state index in [4.69, 9.17) is 4.74 Å². The molecule has 1 N–H and O–H groups in total. The van der Waals surface area contributed by atoms with Crippen molar-refractivity contribution < 1.29 is 19.4 Å². The number of ether oxygens (including phenoxy) is 1. The average molecular weight is 507 g/mol. The van der Waals surface area contributed by atoms with Crippen LogP contribution in [0.1, 0.15) is 26.3 Å². The fraction of sp³-hybridized carbons (Fsp3) is 0.312. The van der Waals surface area contributed by atoms with Crippen LogP contribution in [0.2, 0.25) is 0 Å². The average Bonchev–Trinajstić information content (AvgIpc) is 2.37. The van der Waals surface area contributed by atoms with Crippen LogP contribution >= 0.6 is 38.5 Å². The first-order valence-electron chi connectivity index (χ1n) is 7.02. The van der Waals surface area contributed by atoms with Crippen molar-refractivity contribution in [2.75, 3.05) is 4.90 Å². The summed E-state index contributed by atoms with van der Waals surface area (Å²) in [6, 6.07) is 5.55. The number of benzene rings is 1. The number of carbonyl (C=O) groups excluding carboxylic acids is 1. The Kier molecular flexibility index (Phi) is 5.38. The van der Waals surface area contributed by atoms with E-state index in [0.29, 0.717) is 16.0 Å². The highest BCUT2D eigenvalue weighted by atomic mass is 127. The van der Waals surface area contributed by atoms with Crippen LogP contribution in [-0.2, 0) is 4.74 Å². The monoisotopic (exact) mass is 506 g/mol. The minimum absolute atomic E-state index is 0.0458. The van der Waals surface area contributed by atoms with Crippen LogP contribution in [-0.4, -0.2) is 27.9 Å². The molecule has 0 unspecified atom stereocenters. The zero-order valence-corrected chi connectivity index (χ0v) is 17.3. The molecule has 1 aromatic heterocycles. The second kappa shape index (κ2) is 6.83. The normalized spacial score (nSPS) is 11.4. The molecule has 0 aliphatic heterocycles. The van der Waals surface area contributed by atoms with Gasteiger partial charge in [-0.15, -0.1) is 0 Å². The summed E-state index contributed by atoms with van der Waals surface area (Å²) in [6.07, 6.45) is -2.41. The molecule has 2 aromatic rings. The Morgan fingerprint density at radius 3 is 2.46 bits per heavy atom. The first kappa shape index (κ1) is 18.9. The number of rotatable bonds is 1. The van der Waals surface area contributed by atoms with Crippen LogP contribution in [0.5, 0.6) is 0 Å². The third kappa shape index (κ3) is 4.15. The Hall–Kier alpha value is -1.42. The van der Waals surface area contributed by atoms with Gasteiger partial charge in [0.05, 0.1) is 5.52 Å². The van der Waals surface area contributed by atoms with Crippen LogP contribution in [0.25, 0.3) is 10.9 Å². The first-order valence-corrected chi connectivity index (χ1v) is 8.89. The molecule has 0 atom stereocenters. The standard InChI is InChI=1S/C16H16BrIN2O4/c1-8-5-9-6-10(17)7-11(18)12(9)19-13(8)20(14(21)22)15(23)24-16(2,3)4/h5-7H,1-4H3,(H,21,22). The number of hydrogen-bond donors (Lipinski definition) is 1. The lowest BCUT2D eigenvalue weighted by atomic mass is 10.1. The van der Waals surface area contributed by atoms with E-state index >= 15 is 0 Å². The maximum atomic E-state index is 12.3. The SMILES string of the molecule is Cc1cc2cc(Br)cc(I)c2nc1N(C(=O)O)C(=O)OC(C)(C)C. The van der Waals surface area contributed by atoms with Crippen molar-refractivity contribution in [3.63, 3.8) is 0 Å². The number of pyridine rings is 1. The van der Waals surface area contributed by atoms with Crippen molar-refractivity contribution >= 4 is 67.4 Å². The van der Waals surface area contributed by atoms with Gasteiger partial charge in [0.25, 0.3) is 0 Å². The lowest BCUT2D eigenvalue weighted by Gasteiger charge is -2.24. The zero-order valence-electron chi connectivity index (χ0n) is 13.6. The fourth-order valence-corrected chi connectivity index (χ4v) is 3.77. The van der Waals surface area contributed by atoms with Gasteiger partial charge in [0.1, 0.15) is 5.60 Å². The van der Waals surface area contributed by atoms with Gasteiger partial charge in [-0.1, -0.05) is 15.9 Å². The molecule has 8 heteroatoms. The summed E-state index contributed by atoms with van der Waals surface area (Å²) in [4.78, 5) is 28.9. The quantitative estimate of drug-likeness (QED) is 0.529. The molecular formula is C16H16BrIN2O4. The van der Waals surface area contributed by atoms with E-state index in [1.807, 2.05) is 12.1 Å². The minimum atomic E-state index is -1.44. The maximum Gasteiger partial charge on any atom is 0.425 e. The lowest BCUT2D eigenvalue weighted by Crippen LogP contribution is -2.41. The third-order valence-electron chi connectivity index (χ3n) is 2.98. The van der Waals surface area contributed by atoms with Gasteiger partial charge in [-0.25, -0.2) is 14.6 Å². The van der Waals surface area contributed by atoms with E-state index in [0.717, 1.165) is 13.4 Å². The van der Waals surface area contributed by atoms with Crippen LogP contribution in [0.3, 0.4) is 0 Å². The Labute approximate surface area is 161 Å². The predicted octanol–water partition coefficient (Wildman–Crippen LogP) is 5.33. The number of fused-ring (bicyclic) bond motifs is 1. The number of nitrogens with zero attached hydrogens (tertiary/aromatic N) is 2. The number of aromatic nitrogens is 1. The molecule has 0 fully saturated rings. The molecule has 6 nitrogen and oxygen atoms in total. The van der Waals surface area contributed by atoms with Crippen molar-refractivity contribution in [2.24, 2.45) is 0 Å². The summed E-state index contributed by atoms with van der Waals surface area (Å²) in [7, 11) is 0. The molecule has 0 saturated carbocycles. The number of carbonyl (C=O) groups is 2. The largest absolute Gasteiger partial charge is 0.464 e. The van der Waals surface area contributed by atoms with E-state index in [1.165, 1.54) is 0 Å². The van der Waals surface area contributed by atoms with E-state index in [9.17, 15) is 14.7 Å². The summed E-state index contributed by atoms with van der Waals surface area (Å²) >= 11 is 5.54. The highest BCUT2D eigenvalue weighted by Crippen LogP contribution is 2.30. The molecule has 1 heterocycles. The molecule has 0 bridgehead atoms. The summed E-state index contributed by atoms with van der Waals surface area (Å²) in [5, 5.41) is 10.3. The van der Waals surface area contributed by atoms with Gasteiger partial charge in [0.15, 0.2) is 5.82 Å². The van der Waals surface area contributed by atoms with E-state index in [1.54, 1.807) is 33.8 Å². The first-order chi connectivity index (χ1) is 11.0. The Balaban J connectivity index is 2.60. The predicted molar refractivity (Wildman–Crippen MR) is 104 cm³/mol. The number of aryl methyl sites for hydroxylation is 1. The molecule has 0 radical (unpaired) electrons. The van der Waals surface area contributed by atoms with Crippen molar-refractivity contribution in [1.29, 1.82) is 0 Å². The van der Waals surface area contributed by atoms with Gasteiger partial charge in [-0.05, 0) is 74.0 Å². The van der Waals surface area contributed by atoms with Crippen molar-refractivity contribution in [3.05, 3.63) is 31.8 Å². The second-order valence-corrected chi connectivity index (χ2v) is 8.26. The van der Waals surface area contributed by atoms with Gasteiger partial charge >= 0.3 is 12.2 Å². The molecule has 2 rings (SSSR count). The number of hydrogen-bond acceptors (Lipinski definition) is 4. The van der Waals surface area contributed by atoms with Crippen LogP contribution in [0.15, 0.2) is 22.7 Å². The maximum absolute atomic E-state index is 12.3. The summed E-state index contributed by atoms with van der Waals surface area (Å²) < 4.78 is 6.93. The lowest BCUT2D eigenvalue weighted by molar-refractivity contribution is 0.0580. The topological polar surface area (TPSA) is 79.7 Å². The van der Waals surface area contributed by atoms with Crippen molar-refractivity contribution in [2.45, 2.75) is 33.3 Å². The Morgan fingerprint density at radius 2 is 1.92 bits per heavy atom. The van der Waals surface area contributed by atoms with Crippen LogP contribution in [0.4, 0.5) is 15.4 Å². The molecule has 0 spiro atoms. The molecule has 1 aromatic carbocycles. The van der Waals surface area contributed by atoms with E-state index < -0.39 is 17.8 Å². The molecule has 0 aliphatic rings. The number of amides is 2. The van der Waals surface area contributed by atoms with E-state index in [2.05, 4.69) is 43.5 Å². The fourth-order valence-electron chi connectivity index (χ4n) is 2.09. The minimum Gasteiger partial charge on any atom is -0.464 e. The molecule has 0 aliphatic carbocycles. The third-order valence-corrected chi connectivity index (χ3v) is 4.26. The van der Waals surface area contributed by atoms with Gasteiger partial charge < -0.3 is 9.84 Å². The van der Waals surface area contributed by atoms with Crippen LogP contribution < -0.4 is 4.90 Å². The van der Waals surface area contributed by atoms with Crippen LogP contribution in [0, 0.1) is 10.5 Å². The molecular weight excluding hydrogens is 491 g/mol. The highest BCUT2D eigenvalue weighted by Gasteiger charge is 2.31. The molecule has 0 saturated heterocycles. The summed E-state index contributed by atoms with van der Waals surface area (Å²) in [5.41, 5.74) is 0.369. The van der Waals surface area contributed by atoms with Crippen molar-refractivity contribution in [1.82, 2.24) is 4.98 Å². The smallest absolute Gasteiger partial charge is 0.425 e. The Morgan fingerprint density at radius 1 is 1.29 bits per heavy atom. The highest BCUT2D eigenvalue weighted by molar-refractivity contribution is 14.1. The number of halogens is 2. The summed E-state index contributed by atoms with van der Waals surface area (Å²) in [6.45, 7) is 6.72. The summed E-state index contributed by atoms with van der Waals surface area (Å²) in [5.74, 6) is 0.0458. The van der Waals surface area contributed by atoms with Gasteiger partial charge in [0, 0.05) is 13.4 Å². The van der Waals surface area contributed by atoms with Crippen molar-refractivity contribution in [3.8, 4) is 0 Å². The molecule has 24 heavy (non-hydrogen) atoms. The van der Waals surface area contributed by atoms with Gasteiger partial charge in [0.2, 0.25) is 0 Å². The molecule has 128 valence electrons. The van der Waals surface area contributed by atoms with Gasteiger partial charge in [-0.3, -0.25) is 0 Å². The Bertz CT molecular complexity index is 833. The number of imide groups is 1. The van der Waals surface area contributed by atoms with Gasteiger partial charge in [-0.2, -0.15) is 4.90 Å². The number of anilines is 1. The second-order valence-electron chi connectivity index (χ2n) is 6.19. The zero-order chi connectivity index (χ0) is 18.2. The number of carboxylic acid groups (broad SMARTS) is 1. The molecule has 2 amide bonds. The van der Waals surface area contributed by atoms with E-state index in [-0.39, 0.29) is 5.82 Å².